The highest BCUT2D eigenvalue weighted by Gasteiger charge is 2.15. The minimum atomic E-state index is -0.294. The Morgan fingerprint density at radius 1 is 1.13 bits per heavy atom. The topological polar surface area (TPSA) is 20.3 Å². The molecule has 2 aromatic rings. The molecule has 0 aliphatic heterocycles. The van der Waals surface area contributed by atoms with Gasteiger partial charge in [0.05, 0.1) is 5.75 Å². The molecule has 2 rings (SSSR count). The number of rotatable bonds is 6. The van der Waals surface area contributed by atoms with Crippen molar-refractivity contribution in [3.63, 3.8) is 0 Å². The molecule has 1 unspecified atom stereocenters. The summed E-state index contributed by atoms with van der Waals surface area (Å²) in [5, 5.41) is -0.0978. The molecule has 2 aromatic carbocycles. The third kappa shape index (κ3) is 5.06. The zero-order valence-corrected chi connectivity index (χ0v) is 13.9. The first-order chi connectivity index (χ1) is 11.0. The summed E-state index contributed by atoms with van der Waals surface area (Å²) < 4.78 is 26.6. The van der Waals surface area contributed by atoms with Crippen molar-refractivity contribution in [1.82, 2.24) is 4.90 Å². The van der Waals surface area contributed by atoms with Crippen molar-refractivity contribution in [2.45, 2.75) is 18.7 Å². The summed E-state index contributed by atoms with van der Waals surface area (Å²) in [4.78, 5) is 13.8. The number of hydrogen-bond donors (Lipinski definition) is 0. The highest BCUT2D eigenvalue weighted by molar-refractivity contribution is 8.00. The summed E-state index contributed by atoms with van der Waals surface area (Å²) in [6.07, 6.45) is 0. The Labute approximate surface area is 139 Å². The van der Waals surface area contributed by atoms with Crippen LogP contribution in [0.4, 0.5) is 8.78 Å². The SMILES string of the molecule is CC(SCC(=O)N(C)Cc1ccc(F)cc1)c1ccccc1F. The molecule has 1 amide bonds. The van der Waals surface area contributed by atoms with Crippen molar-refractivity contribution in [2.24, 2.45) is 0 Å². The fraction of sp³-hybridized carbons (Fsp3) is 0.278. The minimum absolute atomic E-state index is 0.0393. The fourth-order valence-electron chi connectivity index (χ4n) is 2.15. The van der Waals surface area contributed by atoms with E-state index >= 15 is 0 Å². The Hall–Kier alpha value is -1.88. The van der Waals surface area contributed by atoms with Crippen LogP contribution in [0.1, 0.15) is 23.3 Å². The van der Waals surface area contributed by atoms with Gasteiger partial charge in [0.15, 0.2) is 0 Å². The van der Waals surface area contributed by atoms with Crippen LogP contribution in [-0.4, -0.2) is 23.6 Å². The van der Waals surface area contributed by atoms with E-state index in [4.69, 9.17) is 0 Å². The highest BCUT2D eigenvalue weighted by Crippen LogP contribution is 2.29. The van der Waals surface area contributed by atoms with Gasteiger partial charge in [0.25, 0.3) is 0 Å². The van der Waals surface area contributed by atoms with E-state index in [1.54, 1.807) is 42.3 Å². The Balaban J connectivity index is 1.86. The molecule has 0 spiro atoms. The Kier molecular flexibility index (Phi) is 6.16. The van der Waals surface area contributed by atoms with Crippen molar-refractivity contribution >= 4 is 17.7 Å². The zero-order chi connectivity index (χ0) is 16.8. The summed E-state index contributed by atoms with van der Waals surface area (Å²) >= 11 is 1.40. The molecule has 2 nitrogen and oxygen atoms in total. The Bertz CT molecular complexity index is 660. The van der Waals surface area contributed by atoms with Gasteiger partial charge < -0.3 is 4.90 Å². The molecule has 0 saturated heterocycles. The van der Waals surface area contributed by atoms with Gasteiger partial charge in [-0.1, -0.05) is 30.3 Å². The Morgan fingerprint density at radius 2 is 1.78 bits per heavy atom. The summed E-state index contributed by atoms with van der Waals surface area (Å²) in [7, 11) is 1.71. The van der Waals surface area contributed by atoms with Crippen LogP contribution in [0.15, 0.2) is 48.5 Å². The smallest absolute Gasteiger partial charge is 0.232 e. The van der Waals surface area contributed by atoms with Crippen molar-refractivity contribution in [1.29, 1.82) is 0 Å². The molecular weight excluding hydrogens is 316 g/mol. The quantitative estimate of drug-likeness (QED) is 0.779. The second kappa shape index (κ2) is 8.11. The monoisotopic (exact) mass is 335 g/mol. The second-order valence-corrected chi connectivity index (χ2v) is 6.68. The van der Waals surface area contributed by atoms with E-state index in [1.165, 1.54) is 30.0 Å². The molecule has 0 heterocycles. The van der Waals surface area contributed by atoms with Crippen LogP contribution >= 0.6 is 11.8 Å². The fourth-order valence-corrected chi connectivity index (χ4v) is 3.14. The van der Waals surface area contributed by atoms with Crippen molar-refractivity contribution in [3.8, 4) is 0 Å². The molecule has 0 fully saturated rings. The number of carbonyl (C=O) groups is 1. The lowest BCUT2D eigenvalue weighted by molar-refractivity contribution is -0.127. The lowest BCUT2D eigenvalue weighted by Crippen LogP contribution is -2.28. The average molecular weight is 335 g/mol. The maximum Gasteiger partial charge on any atom is 0.232 e. The molecule has 1 atom stereocenters. The van der Waals surface area contributed by atoms with Gasteiger partial charge in [-0.25, -0.2) is 8.78 Å². The third-order valence-corrected chi connectivity index (χ3v) is 4.73. The van der Waals surface area contributed by atoms with Gasteiger partial charge in [-0.2, -0.15) is 0 Å². The average Bonchev–Trinajstić information content (AvgIpc) is 2.54. The van der Waals surface area contributed by atoms with E-state index in [1.807, 2.05) is 6.92 Å². The lowest BCUT2D eigenvalue weighted by Gasteiger charge is -2.19. The number of benzene rings is 2. The van der Waals surface area contributed by atoms with Crippen molar-refractivity contribution < 1.29 is 13.6 Å². The zero-order valence-electron chi connectivity index (χ0n) is 13.1. The molecule has 122 valence electrons. The van der Waals surface area contributed by atoms with Crippen LogP contribution in [0.25, 0.3) is 0 Å². The maximum atomic E-state index is 13.7. The standard InChI is InChI=1S/C18H19F2NOS/c1-13(16-5-3-4-6-17(16)20)23-12-18(22)21(2)11-14-7-9-15(19)10-8-14/h3-10,13H,11-12H2,1-2H3. The van der Waals surface area contributed by atoms with Gasteiger partial charge in [0, 0.05) is 24.4 Å². The van der Waals surface area contributed by atoms with E-state index in [9.17, 15) is 13.6 Å². The van der Waals surface area contributed by atoms with Gasteiger partial charge in [-0.05, 0) is 30.7 Å². The maximum absolute atomic E-state index is 13.7. The van der Waals surface area contributed by atoms with Crippen LogP contribution in [0.3, 0.4) is 0 Å². The summed E-state index contributed by atoms with van der Waals surface area (Å²) in [6, 6.07) is 12.7. The normalized spacial score (nSPS) is 12.0. The predicted molar refractivity (Wildman–Crippen MR) is 90.1 cm³/mol. The van der Waals surface area contributed by atoms with Crippen LogP contribution in [0.2, 0.25) is 0 Å². The van der Waals surface area contributed by atoms with E-state index in [2.05, 4.69) is 0 Å². The molecule has 0 saturated carbocycles. The molecule has 5 heteroatoms. The number of thioether (sulfide) groups is 1. The van der Waals surface area contributed by atoms with Crippen LogP contribution in [0, 0.1) is 11.6 Å². The largest absolute Gasteiger partial charge is 0.341 e. The van der Waals surface area contributed by atoms with E-state index in [0.717, 1.165) is 5.56 Å². The van der Waals surface area contributed by atoms with Crippen LogP contribution < -0.4 is 0 Å². The summed E-state index contributed by atoms with van der Waals surface area (Å²) in [6.45, 7) is 2.31. The van der Waals surface area contributed by atoms with E-state index < -0.39 is 0 Å². The minimum Gasteiger partial charge on any atom is -0.341 e. The number of hydrogen-bond acceptors (Lipinski definition) is 2. The van der Waals surface area contributed by atoms with Gasteiger partial charge in [0.1, 0.15) is 11.6 Å². The third-order valence-electron chi connectivity index (χ3n) is 3.56. The van der Waals surface area contributed by atoms with Crippen LogP contribution in [0.5, 0.6) is 0 Å². The first kappa shape index (κ1) is 17.5. The van der Waals surface area contributed by atoms with Gasteiger partial charge >= 0.3 is 0 Å². The van der Waals surface area contributed by atoms with Crippen molar-refractivity contribution in [2.75, 3.05) is 12.8 Å². The summed E-state index contributed by atoms with van der Waals surface area (Å²) in [5.41, 5.74) is 1.47. The lowest BCUT2D eigenvalue weighted by atomic mass is 10.1. The van der Waals surface area contributed by atoms with E-state index in [0.29, 0.717) is 12.1 Å². The number of nitrogens with zero attached hydrogens (tertiary/aromatic N) is 1. The molecule has 0 aliphatic carbocycles. The number of carbonyl (C=O) groups excluding carboxylic acids is 1. The van der Waals surface area contributed by atoms with Gasteiger partial charge in [-0.15, -0.1) is 11.8 Å². The molecule has 0 N–H and O–H groups in total. The molecular formula is C18H19F2NOS. The van der Waals surface area contributed by atoms with Gasteiger partial charge in [0.2, 0.25) is 5.91 Å². The molecule has 0 bridgehead atoms. The first-order valence-electron chi connectivity index (χ1n) is 7.32. The molecule has 0 radical (unpaired) electrons. The predicted octanol–water partition coefficient (Wildman–Crippen LogP) is 4.42. The molecule has 0 aliphatic rings. The van der Waals surface area contributed by atoms with Crippen LogP contribution in [-0.2, 0) is 11.3 Å². The summed E-state index contributed by atoms with van der Waals surface area (Å²) in [5.74, 6) is -0.313. The van der Waals surface area contributed by atoms with E-state index in [-0.39, 0.29) is 28.5 Å². The molecule has 0 aromatic heterocycles. The first-order valence-corrected chi connectivity index (χ1v) is 8.36. The second-order valence-electron chi connectivity index (χ2n) is 5.35. The number of amides is 1. The number of halogens is 2. The highest BCUT2D eigenvalue weighted by atomic mass is 32.2. The van der Waals surface area contributed by atoms with Crippen molar-refractivity contribution in [3.05, 3.63) is 71.3 Å². The molecule has 23 heavy (non-hydrogen) atoms. The Morgan fingerprint density at radius 3 is 2.43 bits per heavy atom. The van der Waals surface area contributed by atoms with Gasteiger partial charge in [-0.3, -0.25) is 4.79 Å².